The van der Waals surface area contributed by atoms with Crippen molar-refractivity contribution in [1.82, 2.24) is 0 Å². The highest BCUT2D eigenvalue weighted by Gasteiger charge is 2.56. The Hall–Kier alpha value is -2.44. The minimum Gasteiger partial charge on any atom is -0.469 e. The zero-order valence-corrected chi connectivity index (χ0v) is 18.5. The summed E-state index contributed by atoms with van der Waals surface area (Å²) in [5, 5.41) is 0. The molecule has 0 heterocycles. The molecule has 0 aromatic rings. The first-order valence-electron chi connectivity index (χ1n) is 10.6. The van der Waals surface area contributed by atoms with Gasteiger partial charge in [-0.05, 0) is 31.3 Å². The van der Waals surface area contributed by atoms with Crippen LogP contribution in [0.3, 0.4) is 0 Å². The van der Waals surface area contributed by atoms with Crippen LogP contribution in [0.2, 0.25) is 0 Å². The number of methoxy groups -OCH3 is 3. The van der Waals surface area contributed by atoms with Crippen LogP contribution in [0, 0.1) is 23.7 Å². The molecule has 7 heteroatoms. The van der Waals surface area contributed by atoms with Gasteiger partial charge in [-0.15, -0.1) is 0 Å². The van der Waals surface area contributed by atoms with E-state index in [0.717, 1.165) is 31.3 Å². The van der Waals surface area contributed by atoms with Gasteiger partial charge in [0, 0.05) is 11.8 Å². The maximum absolute atomic E-state index is 13.4. The second kappa shape index (κ2) is 10.5. The molecule has 0 spiro atoms. The van der Waals surface area contributed by atoms with Crippen LogP contribution in [0.4, 0.5) is 0 Å². The van der Waals surface area contributed by atoms with Crippen molar-refractivity contribution in [3.63, 3.8) is 0 Å². The van der Waals surface area contributed by atoms with Crippen LogP contribution >= 0.6 is 0 Å². The molecule has 0 saturated carbocycles. The Balaban J connectivity index is 2.71. The van der Waals surface area contributed by atoms with E-state index in [0.29, 0.717) is 18.4 Å². The quantitative estimate of drug-likeness (QED) is 0.245. The molecule has 0 unspecified atom stereocenters. The first-order chi connectivity index (χ1) is 14.4. The van der Waals surface area contributed by atoms with Crippen molar-refractivity contribution < 1.29 is 33.4 Å². The van der Waals surface area contributed by atoms with Crippen LogP contribution in [-0.2, 0) is 33.4 Å². The van der Waals surface area contributed by atoms with E-state index in [1.807, 2.05) is 13.8 Å². The second-order valence-electron chi connectivity index (χ2n) is 7.81. The number of rotatable bonds is 9. The lowest BCUT2D eigenvalue weighted by molar-refractivity contribution is -0.153. The average Bonchev–Trinajstić information content (AvgIpc) is 3.05. The standard InChI is InChI=1S/C23H32O7/c1-6-8-10-13-12-15(21(25)28-3)18-17(16(13)22(26)29-4)14(11-9-7-2)19(20(18)24)23(27)30-5/h12,15-18H,6-11H2,1-5H3/t15-,16-,17-,18+/m0/s1. The van der Waals surface area contributed by atoms with Crippen molar-refractivity contribution in [2.45, 2.75) is 52.4 Å². The predicted octanol–water partition coefficient (Wildman–Crippen LogP) is 3.17. The van der Waals surface area contributed by atoms with Gasteiger partial charge in [-0.3, -0.25) is 14.4 Å². The van der Waals surface area contributed by atoms with E-state index in [2.05, 4.69) is 0 Å². The van der Waals surface area contributed by atoms with Crippen molar-refractivity contribution in [2.75, 3.05) is 21.3 Å². The predicted molar refractivity (Wildman–Crippen MR) is 109 cm³/mol. The Labute approximate surface area is 177 Å². The molecule has 2 aliphatic rings. The van der Waals surface area contributed by atoms with Gasteiger partial charge in [-0.25, -0.2) is 4.79 Å². The van der Waals surface area contributed by atoms with Crippen LogP contribution in [0.1, 0.15) is 52.4 Å². The summed E-state index contributed by atoms with van der Waals surface area (Å²) in [6.45, 7) is 4.05. The summed E-state index contributed by atoms with van der Waals surface area (Å²) in [6, 6.07) is 0. The monoisotopic (exact) mass is 420 g/mol. The number of fused-ring (bicyclic) bond motifs is 1. The van der Waals surface area contributed by atoms with Crippen LogP contribution in [0.5, 0.6) is 0 Å². The average molecular weight is 421 g/mol. The number of carbonyl (C=O) groups excluding carboxylic acids is 4. The second-order valence-corrected chi connectivity index (χ2v) is 7.81. The Morgan fingerprint density at radius 1 is 0.867 bits per heavy atom. The molecule has 2 aliphatic carbocycles. The van der Waals surface area contributed by atoms with Crippen molar-refractivity contribution >= 4 is 23.7 Å². The number of hydrogen-bond acceptors (Lipinski definition) is 7. The highest BCUT2D eigenvalue weighted by atomic mass is 16.5. The fraction of sp³-hybridized carbons (Fsp3) is 0.652. The Morgan fingerprint density at radius 3 is 2.00 bits per heavy atom. The number of esters is 3. The summed E-state index contributed by atoms with van der Waals surface area (Å²) in [6.07, 6.45) is 6.12. The molecule has 0 aromatic heterocycles. The fourth-order valence-electron chi connectivity index (χ4n) is 4.72. The minimum absolute atomic E-state index is 0.0195. The first kappa shape index (κ1) is 23.8. The molecular weight excluding hydrogens is 388 g/mol. The van der Waals surface area contributed by atoms with Crippen molar-refractivity contribution in [2.24, 2.45) is 23.7 Å². The maximum Gasteiger partial charge on any atom is 0.341 e. The van der Waals surface area contributed by atoms with E-state index < -0.39 is 47.4 Å². The third-order valence-corrected chi connectivity index (χ3v) is 6.14. The molecule has 7 nitrogen and oxygen atoms in total. The SMILES string of the molecule is CCCCC1=C[C@H](C(=O)OC)[C@H]2C(=O)C(C(=O)OC)=C(CCCC)[C@H]2[C@H]1C(=O)OC. The van der Waals surface area contributed by atoms with Gasteiger partial charge in [-0.2, -0.15) is 0 Å². The number of ether oxygens (including phenoxy) is 3. The number of Topliss-reactive ketones (excluding diaryl/α,β-unsaturated/α-hetero) is 1. The van der Waals surface area contributed by atoms with Crippen LogP contribution in [0.15, 0.2) is 22.8 Å². The van der Waals surface area contributed by atoms with Gasteiger partial charge in [0.05, 0.1) is 33.2 Å². The zero-order chi connectivity index (χ0) is 22.4. The molecule has 30 heavy (non-hydrogen) atoms. The molecule has 2 rings (SSSR count). The van der Waals surface area contributed by atoms with Crippen LogP contribution in [0.25, 0.3) is 0 Å². The minimum atomic E-state index is -0.868. The fourth-order valence-corrected chi connectivity index (χ4v) is 4.72. The molecule has 0 amide bonds. The van der Waals surface area contributed by atoms with Crippen LogP contribution in [-0.4, -0.2) is 45.0 Å². The van der Waals surface area contributed by atoms with Crippen molar-refractivity contribution in [3.8, 4) is 0 Å². The molecule has 0 aromatic carbocycles. The largest absolute Gasteiger partial charge is 0.469 e. The van der Waals surface area contributed by atoms with Gasteiger partial charge in [-0.1, -0.05) is 38.3 Å². The molecule has 0 N–H and O–H groups in total. The third-order valence-electron chi connectivity index (χ3n) is 6.14. The van der Waals surface area contributed by atoms with E-state index in [4.69, 9.17) is 14.2 Å². The summed E-state index contributed by atoms with van der Waals surface area (Å²) in [4.78, 5) is 51.4. The first-order valence-corrected chi connectivity index (χ1v) is 10.6. The van der Waals surface area contributed by atoms with Gasteiger partial charge in [0.15, 0.2) is 5.78 Å². The summed E-state index contributed by atoms with van der Waals surface area (Å²) in [5.41, 5.74) is 1.35. The zero-order valence-electron chi connectivity index (χ0n) is 18.5. The van der Waals surface area contributed by atoms with E-state index >= 15 is 0 Å². The molecule has 0 fully saturated rings. The normalized spacial score (nSPS) is 25.5. The topological polar surface area (TPSA) is 96.0 Å². The summed E-state index contributed by atoms with van der Waals surface area (Å²) in [5.74, 6) is -5.19. The highest BCUT2D eigenvalue weighted by molar-refractivity contribution is 6.22. The van der Waals surface area contributed by atoms with Gasteiger partial charge in [0.25, 0.3) is 0 Å². The third kappa shape index (κ3) is 4.35. The Bertz CT molecular complexity index is 762. The van der Waals surface area contributed by atoms with Crippen molar-refractivity contribution in [1.29, 1.82) is 0 Å². The highest BCUT2D eigenvalue weighted by Crippen LogP contribution is 2.52. The van der Waals surface area contributed by atoms with Gasteiger partial charge < -0.3 is 14.2 Å². The number of ketones is 1. The molecule has 0 radical (unpaired) electrons. The van der Waals surface area contributed by atoms with E-state index in [1.165, 1.54) is 21.3 Å². The Morgan fingerprint density at radius 2 is 1.47 bits per heavy atom. The summed E-state index contributed by atoms with van der Waals surface area (Å²) >= 11 is 0. The molecular formula is C23H32O7. The summed E-state index contributed by atoms with van der Waals surface area (Å²) in [7, 11) is 3.81. The van der Waals surface area contributed by atoms with Crippen LogP contribution < -0.4 is 0 Å². The van der Waals surface area contributed by atoms with E-state index in [9.17, 15) is 19.2 Å². The molecule has 0 aliphatic heterocycles. The molecule has 0 saturated heterocycles. The van der Waals surface area contributed by atoms with Gasteiger partial charge >= 0.3 is 17.9 Å². The van der Waals surface area contributed by atoms with Crippen molar-refractivity contribution in [3.05, 3.63) is 22.8 Å². The lowest BCUT2D eigenvalue weighted by Crippen LogP contribution is -2.43. The van der Waals surface area contributed by atoms with Gasteiger partial charge in [0.2, 0.25) is 0 Å². The van der Waals surface area contributed by atoms with E-state index in [1.54, 1.807) is 6.08 Å². The lowest BCUT2D eigenvalue weighted by Gasteiger charge is -2.37. The van der Waals surface area contributed by atoms with Gasteiger partial charge in [0.1, 0.15) is 5.57 Å². The molecule has 166 valence electrons. The molecule has 4 atom stereocenters. The number of hydrogen-bond donors (Lipinski definition) is 0. The van der Waals surface area contributed by atoms with E-state index in [-0.39, 0.29) is 5.57 Å². The maximum atomic E-state index is 13.4. The lowest BCUT2D eigenvalue weighted by atomic mass is 9.65. The number of unbranched alkanes of at least 4 members (excludes halogenated alkanes) is 2. The molecule has 0 bridgehead atoms. The number of carbonyl (C=O) groups is 4. The summed E-state index contributed by atoms with van der Waals surface area (Å²) < 4.78 is 15.0. The smallest absolute Gasteiger partial charge is 0.341 e. The number of allylic oxidation sites excluding steroid dienone is 1. The Kier molecular flexibility index (Phi) is 8.38.